The maximum atomic E-state index is 10.9. The molecule has 0 saturated carbocycles. The Hall–Kier alpha value is -3.36. The number of hydrogen-bond donors (Lipinski definition) is 4. The van der Waals surface area contributed by atoms with Gasteiger partial charge in [0.1, 0.15) is 11.5 Å². The third-order valence-corrected chi connectivity index (χ3v) is 7.55. The van der Waals surface area contributed by atoms with Crippen molar-refractivity contribution in [1.29, 1.82) is 0 Å². The fourth-order valence-electron chi connectivity index (χ4n) is 4.70. The van der Waals surface area contributed by atoms with E-state index in [2.05, 4.69) is 72.1 Å². The van der Waals surface area contributed by atoms with Crippen LogP contribution in [0.3, 0.4) is 0 Å². The molecule has 0 saturated heterocycles. The second kappa shape index (κ2) is 17.2. The highest BCUT2D eigenvalue weighted by Crippen LogP contribution is 2.31. The van der Waals surface area contributed by atoms with Crippen LogP contribution in [0.2, 0.25) is 0 Å². The number of aromatic hydroxyl groups is 2. The third-order valence-electron chi connectivity index (χ3n) is 7.55. The summed E-state index contributed by atoms with van der Waals surface area (Å²) in [6.45, 7) is 19.2. The minimum atomic E-state index is -0.0570. The van der Waals surface area contributed by atoms with Gasteiger partial charge in [-0.1, -0.05) is 41.5 Å². The number of phenolic OH excluding ortho intramolecular Hbond substituents is 2. The van der Waals surface area contributed by atoms with E-state index in [9.17, 15) is 10.2 Å². The van der Waals surface area contributed by atoms with E-state index in [1.54, 1.807) is 24.9 Å². The number of nitrogens with one attached hydrogen (secondary N) is 2. The zero-order valence-corrected chi connectivity index (χ0v) is 27.8. The number of aliphatic imine (C=N–C) groups is 4. The van der Waals surface area contributed by atoms with Gasteiger partial charge in [-0.25, -0.2) is 0 Å². The van der Waals surface area contributed by atoms with Gasteiger partial charge in [0, 0.05) is 73.3 Å². The van der Waals surface area contributed by atoms with E-state index in [1.165, 1.54) is 0 Å². The summed E-state index contributed by atoms with van der Waals surface area (Å²) in [5, 5.41) is 28.8. The fraction of sp³-hybridized carbons (Fsp3) is 0.556. The van der Waals surface area contributed by atoms with Gasteiger partial charge in [0.05, 0.1) is 0 Å². The minimum absolute atomic E-state index is 0.0570. The predicted octanol–water partition coefficient (Wildman–Crippen LogP) is 5.82. The van der Waals surface area contributed by atoms with Gasteiger partial charge in [-0.2, -0.15) is 0 Å². The molecule has 4 N–H and O–H groups in total. The summed E-state index contributed by atoms with van der Waals surface area (Å²) < 4.78 is 0. The van der Waals surface area contributed by atoms with Crippen LogP contribution in [-0.2, 0) is 10.8 Å². The van der Waals surface area contributed by atoms with E-state index < -0.39 is 0 Å². The molecule has 0 unspecified atom stereocenters. The van der Waals surface area contributed by atoms with E-state index in [0.29, 0.717) is 26.2 Å². The highest BCUT2D eigenvalue weighted by atomic mass is 16.3. The van der Waals surface area contributed by atoms with Crippen LogP contribution in [0, 0.1) is 0 Å². The quantitative estimate of drug-likeness (QED) is 0.304. The highest BCUT2D eigenvalue weighted by molar-refractivity contribution is 5.93. The maximum absolute atomic E-state index is 10.9. The van der Waals surface area contributed by atoms with Gasteiger partial charge in [0.15, 0.2) is 0 Å². The summed E-state index contributed by atoms with van der Waals surface area (Å²) in [4.78, 5) is 18.4. The molecule has 0 radical (unpaired) electrons. The molecule has 3 rings (SSSR count). The monoisotopic (exact) mass is 602 g/mol. The van der Waals surface area contributed by atoms with Crippen LogP contribution in [0.5, 0.6) is 11.5 Å². The largest absolute Gasteiger partial charge is 0.507 e. The average Bonchev–Trinajstić information content (AvgIpc) is 2.95. The Bertz CT molecular complexity index is 1140. The normalized spacial score (nSPS) is 17.2. The first-order chi connectivity index (χ1) is 21.0. The van der Waals surface area contributed by atoms with Crippen molar-refractivity contribution in [2.75, 3.05) is 52.4 Å². The molecule has 2 aromatic carbocycles. The Balaban J connectivity index is 1.70. The summed E-state index contributed by atoms with van der Waals surface area (Å²) in [6, 6.07) is 8.12. The Morgan fingerprint density at radius 1 is 0.477 bits per heavy atom. The maximum Gasteiger partial charge on any atom is 0.133 e. The third kappa shape index (κ3) is 11.6. The van der Waals surface area contributed by atoms with Gasteiger partial charge in [0.25, 0.3) is 0 Å². The molecule has 0 aliphatic carbocycles. The molecule has 8 nitrogen and oxygen atoms in total. The molecular formula is C36H54N6O2. The van der Waals surface area contributed by atoms with Crippen molar-refractivity contribution in [3.63, 3.8) is 0 Å². The number of fused-ring (bicyclic) bond motifs is 4. The first-order valence-electron chi connectivity index (χ1n) is 16.1. The van der Waals surface area contributed by atoms with Gasteiger partial charge in [0.2, 0.25) is 0 Å². The van der Waals surface area contributed by atoms with Gasteiger partial charge < -0.3 is 20.8 Å². The molecule has 0 amide bonds. The lowest BCUT2D eigenvalue weighted by Crippen LogP contribution is -2.18. The second-order valence-corrected chi connectivity index (χ2v) is 13.6. The van der Waals surface area contributed by atoms with E-state index in [1.807, 2.05) is 24.3 Å². The van der Waals surface area contributed by atoms with Crippen LogP contribution in [0.1, 0.15) is 101 Å². The number of hydrogen-bond acceptors (Lipinski definition) is 8. The van der Waals surface area contributed by atoms with Crippen LogP contribution in [-0.4, -0.2) is 87.4 Å². The highest BCUT2D eigenvalue weighted by Gasteiger charge is 2.19. The molecule has 1 aliphatic rings. The second-order valence-electron chi connectivity index (χ2n) is 13.6. The molecular weight excluding hydrogens is 548 g/mol. The molecule has 44 heavy (non-hydrogen) atoms. The lowest BCUT2D eigenvalue weighted by atomic mass is 9.85. The summed E-state index contributed by atoms with van der Waals surface area (Å²) in [5.41, 5.74) is 5.09. The zero-order valence-electron chi connectivity index (χ0n) is 27.8. The van der Waals surface area contributed by atoms with E-state index in [0.717, 1.165) is 85.2 Å². The van der Waals surface area contributed by atoms with Crippen molar-refractivity contribution < 1.29 is 10.2 Å². The van der Waals surface area contributed by atoms with Gasteiger partial charge in [-0.3, -0.25) is 20.0 Å². The molecule has 0 fully saturated rings. The fourth-order valence-corrected chi connectivity index (χ4v) is 4.70. The van der Waals surface area contributed by atoms with Crippen molar-refractivity contribution in [1.82, 2.24) is 10.6 Å². The number of rotatable bonds is 0. The van der Waals surface area contributed by atoms with E-state index in [4.69, 9.17) is 0 Å². The Labute approximate surface area is 265 Å². The molecule has 1 aliphatic heterocycles. The average molecular weight is 603 g/mol. The van der Waals surface area contributed by atoms with Crippen molar-refractivity contribution in [3.8, 4) is 11.5 Å². The first kappa shape index (κ1) is 35.1. The SMILES string of the molecule is CC(C)(C)c1cc2c(O)c(c1)C=NCCCNCCCN=Cc1cc(C(C)(C)C)cc(c1O)C=NCCCNCCCN=C2. The Kier molecular flexibility index (Phi) is 13.7. The van der Waals surface area contributed by atoms with Crippen LogP contribution < -0.4 is 10.6 Å². The molecule has 0 aromatic heterocycles. The number of benzene rings is 2. The standard InChI is InChI=1S/C36H54N6O2/c1-35(2,3)31-19-27-23-39-15-7-11-37-13-9-17-41-25-29-21-32(36(4,5)6)22-30(34(29)44)26-42-18-10-14-38-12-8-16-40-24-28(20-31)33(27)43/h19-26,37-38,43-44H,7-18H2,1-6H3. The van der Waals surface area contributed by atoms with Crippen LogP contribution in [0.25, 0.3) is 0 Å². The molecule has 1 heterocycles. The zero-order chi connectivity index (χ0) is 32.0. The molecule has 4 bridgehead atoms. The van der Waals surface area contributed by atoms with Crippen molar-refractivity contribution in [2.24, 2.45) is 20.0 Å². The van der Waals surface area contributed by atoms with Crippen molar-refractivity contribution >= 4 is 24.9 Å². The topological polar surface area (TPSA) is 114 Å². The number of phenols is 2. The summed E-state index contributed by atoms with van der Waals surface area (Å²) in [6.07, 6.45) is 10.8. The molecule has 240 valence electrons. The van der Waals surface area contributed by atoms with Crippen molar-refractivity contribution in [3.05, 3.63) is 57.6 Å². The summed E-state index contributed by atoms with van der Waals surface area (Å²) in [7, 11) is 0. The minimum Gasteiger partial charge on any atom is -0.507 e. The molecule has 0 spiro atoms. The van der Waals surface area contributed by atoms with Crippen LogP contribution >= 0.6 is 0 Å². The van der Waals surface area contributed by atoms with Gasteiger partial charge >= 0.3 is 0 Å². The van der Waals surface area contributed by atoms with Crippen LogP contribution in [0.4, 0.5) is 0 Å². The first-order valence-corrected chi connectivity index (χ1v) is 16.1. The van der Waals surface area contributed by atoms with Gasteiger partial charge in [-0.05, 0) is 98.1 Å². The predicted molar refractivity (Wildman–Crippen MR) is 188 cm³/mol. The smallest absolute Gasteiger partial charge is 0.133 e. The Morgan fingerprint density at radius 3 is 0.955 bits per heavy atom. The van der Waals surface area contributed by atoms with Crippen LogP contribution in [0.15, 0.2) is 44.2 Å². The lowest BCUT2D eigenvalue weighted by molar-refractivity contribution is 0.471. The lowest BCUT2D eigenvalue weighted by Gasteiger charge is -2.21. The van der Waals surface area contributed by atoms with E-state index >= 15 is 0 Å². The Morgan fingerprint density at radius 2 is 0.727 bits per heavy atom. The van der Waals surface area contributed by atoms with Gasteiger partial charge in [-0.15, -0.1) is 0 Å². The number of nitrogens with zero attached hydrogens (tertiary/aromatic N) is 4. The molecule has 0 atom stereocenters. The summed E-state index contributed by atoms with van der Waals surface area (Å²) in [5.74, 6) is 0.454. The van der Waals surface area contributed by atoms with E-state index in [-0.39, 0.29) is 22.3 Å². The molecule has 2 aromatic rings. The molecule has 8 heteroatoms. The van der Waals surface area contributed by atoms with Crippen molar-refractivity contribution in [2.45, 2.75) is 78.1 Å². The summed E-state index contributed by atoms with van der Waals surface area (Å²) >= 11 is 0.